The Balaban J connectivity index is 1.54. The summed E-state index contributed by atoms with van der Waals surface area (Å²) in [6, 6.07) is 3.25. The van der Waals surface area contributed by atoms with Crippen molar-refractivity contribution in [2.45, 2.75) is 24.4 Å². The number of aliphatic hydroxyl groups is 1. The molecule has 1 amide bonds. The number of amides is 1. The number of hydrogen-bond donors (Lipinski definition) is 2. The van der Waals surface area contributed by atoms with Crippen molar-refractivity contribution in [3.05, 3.63) is 30.2 Å². The number of nitrogens with one attached hydrogen (secondary N) is 1. The van der Waals surface area contributed by atoms with Gasteiger partial charge in [0.25, 0.3) is 5.91 Å². The number of hydrogen-bond acceptors (Lipinski definition) is 6. The van der Waals surface area contributed by atoms with Gasteiger partial charge in [-0.25, -0.2) is 9.50 Å². The summed E-state index contributed by atoms with van der Waals surface area (Å²) in [6.07, 6.45) is 1.77. The average Bonchev–Trinajstić information content (AvgIpc) is 3.16. The summed E-state index contributed by atoms with van der Waals surface area (Å²) in [5.74, 6) is -0.291. The molecule has 2 N–H and O–H groups in total. The van der Waals surface area contributed by atoms with Gasteiger partial charge in [-0.1, -0.05) is 0 Å². The molecule has 4 atom stereocenters. The van der Waals surface area contributed by atoms with Gasteiger partial charge in [0.1, 0.15) is 24.0 Å². The predicted molar refractivity (Wildman–Crippen MR) is 69.7 cm³/mol. The molecule has 2 aliphatic rings. The summed E-state index contributed by atoms with van der Waals surface area (Å²) >= 11 is 0. The minimum Gasteiger partial charge on any atom is -0.388 e. The van der Waals surface area contributed by atoms with Crippen LogP contribution >= 0.6 is 0 Å². The van der Waals surface area contributed by atoms with E-state index in [0.29, 0.717) is 17.9 Å². The highest BCUT2D eigenvalue weighted by Crippen LogP contribution is 2.27. The van der Waals surface area contributed by atoms with Crippen molar-refractivity contribution in [3.63, 3.8) is 0 Å². The molecular weight excluding hydrogens is 276 g/mol. The molecule has 2 aromatic rings. The second kappa shape index (κ2) is 4.76. The van der Waals surface area contributed by atoms with Crippen LogP contribution in [0.25, 0.3) is 5.65 Å². The maximum Gasteiger partial charge on any atom is 0.272 e. The molecule has 0 aliphatic carbocycles. The molecule has 8 nitrogen and oxygen atoms in total. The molecule has 0 spiro atoms. The van der Waals surface area contributed by atoms with E-state index in [1.807, 2.05) is 0 Å². The Kier molecular flexibility index (Phi) is 2.88. The standard InChI is InChI=1S/C13H14N4O4/c18-9-6-21-11-7(5-20-12(9)11)16-13(19)8-4-14-10-2-1-3-15-17(8)10/h1-4,7,9,11-12,18H,5-6H2,(H,16,19)/t7-,9-,11-,12-/m1/s1. The van der Waals surface area contributed by atoms with Crippen molar-refractivity contribution in [2.75, 3.05) is 13.2 Å². The minimum absolute atomic E-state index is 0.235. The third kappa shape index (κ3) is 1.99. The maximum absolute atomic E-state index is 12.4. The van der Waals surface area contributed by atoms with Crippen molar-refractivity contribution in [3.8, 4) is 0 Å². The molecule has 0 radical (unpaired) electrons. The largest absolute Gasteiger partial charge is 0.388 e. The van der Waals surface area contributed by atoms with Gasteiger partial charge in [0.05, 0.1) is 25.5 Å². The third-order valence-corrected chi connectivity index (χ3v) is 3.85. The Bertz CT molecular complexity index is 688. The van der Waals surface area contributed by atoms with Crippen molar-refractivity contribution < 1.29 is 19.4 Å². The highest BCUT2D eigenvalue weighted by molar-refractivity contribution is 5.93. The summed E-state index contributed by atoms with van der Waals surface area (Å²) in [4.78, 5) is 16.5. The highest BCUT2D eigenvalue weighted by atomic mass is 16.6. The van der Waals surface area contributed by atoms with Gasteiger partial charge < -0.3 is 19.9 Å². The van der Waals surface area contributed by atoms with Crippen LogP contribution in [0.3, 0.4) is 0 Å². The normalized spacial score (nSPS) is 31.5. The molecule has 0 aromatic carbocycles. The number of imidazole rings is 1. The number of carbonyl (C=O) groups is 1. The molecule has 8 heteroatoms. The van der Waals surface area contributed by atoms with E-state index in [9.17, 15) is 9.90 Å². The second-order valence-corrected chi connectivity index (χ2v) is 5.18. The third-order valence-electron chi connectivity index (χ3n) is 3.85. The average molecular weight is 290 g/mol. The first-order valence-electron chi connectivity index (χ1n) is 6.75. The number of rotatable bonds is 2. The molecule has 4 rings (SSSR count). The van der Waals surface area contributed by atoms with Crippen LogP contribution in [0.2, 0.25) is 0 Å². The Morgan fingerprint density at radius 2 is 2.24 bits per heavy atom. The van der Waals surface area contributed by atoms with E-state index in [2.05, 4.69) is 15.4 Å². The van der Waals surface area contributed by atoms with Gasteiger partial charge >= 0.3 is 0 Å². The maximum atomic E-state index is 12.4. The van der Waals surface area contributed by atoms with Crippen LogP contribution < -0.4 is 5.32 Å². The Labute approximate surface area is 119 Å². The number of ether oxygens (including phenoxy) is 2. The zero-order valence-electron chi connectivity index (χ0n) is 11.0. The van der Waals surface area contributed by atoms with Crippen LogP contribution in [0.4, 0.5) is 0 Å². The van der Waals surface area contributed by atoms with Crippen molar-refractivity contribution in [1.29, 1.82) is 0 Å². The molecule has 2 aromatic heterocycles. The monoisotopic (exact) mass is 290 g/mol. The smallest absolute Gasteiger partial charge is 0.272 e. The lowest BCUT2D eigenvalue weighted by Crippen LogP contribution is -2.44. The molecule has 4 heterocycles. The molecule has 2 aliphatic heterocycles. The van der Waals surface area contributed by atoms with E-state index in [0.717, 1.165) is 0 Å². The second-order valence-electron chi connectivity index (χ2n) is 5.18. The molecule has 0 unspecified atom stereocenters. The fourth-order valence-electron chi connectivity index (χ4n) is 2.83. The zero-order valence-corrected chi connectivity index (χ0v) is 11.0. The fourth-order valence-corrected chi connectivity index (χ4v) is 2.83. The quantitative estimate of drug-likeness (QED) is 0.735. The summed E-state index contributed by atoms with van der Waals surface area (Å²) < 4.78 is 12.4. The molecule has 2 saturated heterocycles. The van der Waals surface area contributed by atoms with E-state index in [4.69, 9.17) is 9.47 Å². The number of carbonyl (C=O) groups excluding carboxylic acids is 1. The summed E-state index contributed by atoms with van der Waals surface area (Å²) in [5.41, 5.74) is 0.961. The van der Waals surface area contributed by atoms with E-state index < -0.39 is 6.10 Å². The van der Waals surface area contributed by atoms with Crippen LogP contribution in [0.5, 0.6) is 0 Å². The molecule has 2 fully saturated rings. The van der Waals surface area contributed by atoms with E-state index in [1.165, 1.54) is 10.7 Å². The number of aromatic nitrogens is 3. The van der Waals surface area contributed by atoms with Gasteiger partial charge in [-0.05, 0) is 12.1 Å². The lowest BCUT2D eigenvalue weighted by atomic mass is 10.1. The lowest BCUT2D eigenvalue weighted by molar-refractivity contribution is 0.0178. The first-order chi connectivity index (χ1) is 10.2. The molecule has 21 heavy (non-hydrogen) atoms. The Morgan fingerprint density at radius 3 is 3.14 bits per heavy atom. The predicted octanol–water partition coefficient (Wildman–Crippen LogP) is -1.01. The van der Waals surface area contributed by atoms with Crippen molar-refractivity contribution >= 4 is 11.6 Å². The number of fused-ring (bicyclic) bond motifs is 2. The first-order valence-corrected chi connectivity index (χ1v) is 6.75. The van der Waals surface area contributed by atoms with Crippen LogP contribution in [-0.4, -0.2) is 63.2 Å². The van der Waals surface area contributed by atoms with Crippen molar-refractivity contribution in [2.24, 2.45) is 0 Å². The van der Waals surface area contributed by atoms with E-state index in [-0.39, 0.29) is 30.8 Å². The summed E-state index contributed by atoms with van der Waals surface area (Å²) in [7, 11) is 0. The van der Waals surface area contributed by atoms with E-state index >= 15 is 0 Å². The zero-order chi connectivity index (χ0) is 14.4. The number of aliphatic hydroxyl groups excluding tert-OH is 1. The summed E-state index contributed by atoms with van der Waals surface area (Å²) in [6.45, 7) is 0.557. The highest BCUT2D eigenvalue weighted by Gasteiger charge is 2.47. The van der Waals surface area contributed by atoms with Gasteiger partial charge in [0.15, 0.2) is 5.65 Å². The first kappa shape index (κ1) is 12.7. The van der Waals surface area contributed by atoms with Gasteiger partial charge in [-0.3, -0.25) is 4.79 Å². The topological polar surface area (TPSA) is 98.0 Å². The molecule has 110 valence electrons. The lowest BCUT2D eigenvalue weighted by Gasteiger charge is -2.16. The van der Waals surface area contributed by atoms with Crippen LogP contribution in [-0.2, 0) is 9.47 Å². The van der Waals surface area contributed by atoms with Crippen LogP contribution in [0.1, 0.15) is 10.5 Å². The van der Waals surface area contributed by atoms with Crippen LogP contribution in [0.15, 0.2) is 24.5 Å². The van der Waals surface area contributed by atoms with Gasteiger partial charge in [-0.2, -0.15) is 5.10 Å². The van der Waals surface area contributed by atoms with Gasteiger partial charge in [0, 0.05) is 6.20 Å². The van der Waals surface area contributed by atoms with Gasteiger partial charge in [-0.15, -0.1) is 0 Å². The molecular formula is C13H14N4O4. The SMILES string of the molecule is O=C(N[C@@H]1CO[C@H]2[C@@H]1OC[C@H]2O)c1cnc2cccnn12. The summed E-state index contributed by atoms with van der Waals surface area (Å²) in [5, 5.41) is 16.7. The minimum atomic E-state index is -0.630. The molecule has 0 saturated carbocycles. The van der Waals surface area contributed by atoms with Crippen LogP contribution in [0, 0.1) is 0 Å². The Hall–Kier alpha value is -2.03. The van der Waals surface area contributed by atoms with Gasteiger partial charge in [0.2, 0.25) is 0 Å². The van der Waals surface area contributed by atoms with E-state index in [1.54, 1.807) is 18.3 Å². The Morgan fingerprint density at radius 1 is 1.38 bits per heavy atom. The fraction of sp³-hybridized carbons (Fsp3) is 0.462. The number of nitrogens with zero attached hydrogens (tertiary/aromatic N) is 3. The molecule has 0 bridgehead atoms. The van der Waals surface area contributed by atoms with Crippen molar-refractivity contribution in [1.82, 2.24) is 19.9 Å².